The van der Waals surface area contributed by atoms with Gasteiger partial charge in [0.15, 0.2) is 12.1 Å². The maximum absolute atomic E-state index is 10.4. The van der Waals surface area contributed by atoms with Gasteiger partial charge in [-0.25, -0.2) is 0 Å². The third-order valence-corrected chi connectivity index (χ3v) is 2.32. The lowest BCUT2D eigenvalue weighted by molar-refractivity contribution is 0.0643. The van der Waals surface area contributed by atoms with Crippen molar-refractivity contribution in [3.05, 3.63) is 41.7 Å². The van der Waals surface area contributed by atoms with Gasteiger partial charge >= 0.3 is 0 Å². The van der Waals surface area contributed by atoms with E-state index in [1.165, 1.54) is 4.68 Å². The number of aromatic nitrogens is 4. The largest absolute Gasteiger partial charge is 0.355 e. The van der Waals surface area contributed by atoms with Crippen LogP contribution < -0.4 is 0 Å². The first-order valence-electron chi connectivity index (χ1n) is 5.06. The monoisotopic (exact) mass is 231 g/mol. The molecule has 0 N–H and O–H groups in total. The quantitative estimate of drug-likeness (QED) is 0.750. The molecule has 1 unspecified atom stereocenters. The van der Waals surface area contributed by atoms with E-state index in [1.807, 2.05) is 30.3 Å². The Bertz CT molecular complexity index is 483. The van der Waals surface area contributed by atoms with Crippen molar-refractivity contribution in [3.63, 3.8) is 0 Å². The number of methoxy groups -OCH3 is 1. The molecule has 0 fully saturated rings. The maximum atomic E-state index is 10.4. The Morgan fingerprint density at radius 2 is 2.18 bits per heavy atom. The van der Waals surface area contributed by atoms with Crippen LogP contribution in [-0.4, -0.2) is 33.6 Å². The first-order valence-corrected chi connectivity index (χ1v) is 5.06. The number of tetrazole rings is 1. The van der Waals surface area contributed by atoms with Crippen LogP contribution in [0.3, 0.4) is 0 Å². The van der Waals surface area contributed by atoms with Gasteiger partial charge in [0.2, 0.25) is 6.29 Å². The second kappa shape index (κ2) is 5.31. The van der Waals surface area contributed by atoms with Crippen LogP contribution >= 0.6 is 0 Å². The Hall–Kier alpha value is -2.08. The second-order valence-corrected chi connectivity index (χ2v) is 3.36. The third kappa shape index (κ3) is 2.36. The lowest BCUT2D eigenvalue weighted by atomic mass is 10.2. The number of hydrogen-bond acceptors (Lipinski definition) is 5. The van der Waals surface area contributed by atoms with Crippen LogP contribution in [0, 0.1) is 0 Å². The minimum atomic E-state index is -0.436. The fraction of sp³-hybridized carbons (Fsp3) is 0.273. The molecule has 0 saturated heterocycles. The van der Waals surface area contributed by atoms with Crippen molar-refractivity contribution >= 4 is 6.29 Å². The first kappa shape index (κ1) is 11.4. The highest BCUT2D eigenvalue weighted by molar-refractivity contribution is 5.53. The molecule has 0 aliphatic heterocycles. The average molecular weight is 231 g/mol. The Morgan fingerprint density at radius 1 is 1.41 bits per heavy atom. The molecule has 1 aromatic carbocycles. The molecular formula is C11H11N4O2. The van der Waals surface area contributed by atoms with E-state index in [0.717, 1.165) is 5.56 Å². The van der Waals surface area contributed by atoms with Gasteiger partial charge in [0.25, 0.3) is 0 Å². The summed E-state index contributed by atoms with van der Waals surface area (Å²) in [6, 6.07) is 9.53. The zero-order valence-electron chi connectivity index (χ0n) is 9.28. The summed E-state index contributed by atoms with van der Waals surface area (Å²) >= 11 is 0. The maximum Gasteiger partial charge on any atom is 0.206 e. The summed E-state index contributed by atoms with van der Waals surface area (Å²) in [5, 5.41) is 11.1. The Kier molecular flexibility index (Phi) is 3.56. The van der Waals surface area contributed by atoms with Crippen LogP contribution in [0.4, 0.5) is 0 Å². The zero-order valence-corrected chi connectivity index (χ0v) is 9.28. The highest BCUT2D eigenvalue weighted by atomic mass is 16.5. The van der Waals surface area contributed by atoms with E-state index in [4.69, 9.17) is 4.74 Å². The molecule has 0 amide bonds. The molecule has 6 nitrogen and oxygen atoms in total. The minimum Gasteiger partial charge on any atom is -0.355 e. The Morgan fingerprint density at radius 3 is 2.82 bits per heavy atom. The molecule has 17 heavy (non-hydrogen) atoms. The van der Waals surface area contributed by atoms with Crippen LogP contribution in [0.2, 0.25) is 0 Å². The van der Waals surface area contributed by atoms with Crippen molar-refractivity contribution in [2.24, 2.45) is 0 Å². The van der Waals surface area contributed by atoms with E-state index in [0.29, 0.717) is 5.82 Å². The van der Waals surface area contributed by atoms with Gasteiger partial charge in [-0.2, -0.15) is 4.68 Å². The minimum absolute atomic E-state index is 0.0414. The van der Waals surface area contributed by atoms with E-state index in [9.17, 15) is 4.79 Å². The van der Waals surface area contributed by atoms with Gasteiger partial charge in [0.1, 0.15) is 0 Å². The van der Waals surface area contributed by atoms with E-state index in [1.54, 1.807) is 13.4 Å². The number of nitrogens with zero attached hydrogens (tertiary/aromatic N) is 4. The van der Waals surface area contributed by atoms with Gasteiger partial charge in [-0.3, -0.25) is 4.79 Å². The van der Waals surface area contributed by atoms with E-state index in [2.05, 4.69) is 15.5 Å². The summed E-state index contributed by atoms with van der Waals surface area (Å²) in [5.41, 5.74) is 0.912. The first-order chi connectivity index (χ1) is 8.36. The predicted molar refractivity (Wildman–Crippen MR) is 58.8 cm³/mol. The summed E-state index contributed by atoms with van der Waals surface area (Å²) < 4.78 is 6.83. The molecule has 1 atom stereocenters. The van der Waals surface area contributed by atoms with Gasteiger partial charge in [-0.15, -0.1) is 5.10 Å². The number of benzene rings is 1. The topological polar surface area (TPSA) is 69.9 Å². The number of ether oxygens (including phenoxy) is 1. The molecule has 87 valence electrons. The summed E-state index contributed by atoms with van der Waals surface area (Å²) in [6.45, 7) is 0. The molecule has 0 bridgehead atoms. The summed E-state index contributed by atoms with van der Waals surface area (Å²) in [7, 11) is 1.56. The van der Waals surface area contributed by atoms with Crippen molar-refractivity contribution in [1.82, 2.24) is 20.2 Å². The van der Waals surface area contributed by atoms with Crippen molar-refractivity contribution in [2.75, 3.05) is 7.11 Å². The number of carbonyl (C=O) groups excluding carboxylic acids is 1. The smallest absolute Gasteiger partial charge is 0.206 e. The van der Waals surface area contributed by atoms with Gasteiger partial charge < -0.3 is 4.74 Å². The van der Waals surface area contributed by atoms with Crippen LogP contribution in [0.5, 0.6) is 0 Å². The van der Waals surface area contributed by atoms with Gasteiger partial charge in [-0.1, -0.05) is 30.3 Å². The third-order valence-electron chi connectivity index (χ3n) is 2.32. The fourth-order valence-corrected chi connectivity index (χ4v) is 1.57. The van der Waals surface area contributed by atoms with Crippen LogP contribution in [0.15, 0.2) is 30.3 Å². The number of hydrogen-bond donors (Lipinski definition) is 0. The normalized spacial score (nSPS) is 12.3. The number of rotatable bonds is 5. The van der Waals surface area contributed by atoms with Gasteiger partial charge in [0, 0.05) is 12.7 Å². The fourth-order valence-electron chi connectivity index (χ4n) is 1.57. The van der Waals surface area contributed by atoms with Crippen LogP contribution in [0.25, 0.3) is 0 Å². The molecule has 1 radical (unpaired) electrons. The zero-order chi connectivity index (χ0) is 12.1. The lowest BCUT2D eigenvalue weighted by Gasteiger charge is -2.16. The average Bonchev–Trinajstić information content (AvgIpc) is 2.81. The highest BCUT2D eigenvalue weighted by Crippen LogP contribution is 2.18. The summed E-state index contributed by atoms with van der Waals surface area (Å²) in [6.07, 6.45) is 1.38. The van der Waals surface area contributed by atoms with Gasteiger partial charge in [-0.05, 0) is 10.4 Å². The second-order valence-electron chi connectivity index (χ2n) is 3.36. The summed E-state index contributed by atoms with van der Waals surface area (Å²) in [4.78, 5) is 10.4. The van der Waals surface area contributed by atoms with E-state index < -0.39 is 6.23 Å². The van der Waals surface area contributed by atoms with Gasteiger partial charge in [0.05, 0.1) is 6.42 Å². The van der Waals surface area contributed by atoms with Crippen LogP contribution in [0.1, 0.15) is 17.6 Å². The van der Waals surface area contributed by atoms with Crippen molar-refractivity contribution in [2.45, 2.75) is 12.6 Å². The standard InChI is InChI=1S/C11H11N4O2/c1-17-11(9-5-3-2-4-6-9)15-10(7-8-16)12-13-14-15/h2-6,11H,7H2,1H3. The lowest BCUT2D eigenvalue weighted by Crippen LogP contribution is -2.17. The molecule has 1 aromatic heterocycles. The van der Waals surface area contributed by atoms with Crippen molar-refractivity contribution in [3.8, 4) is 0 Å². The van der Waals surface area contributed by atoms with Crippen LogP contribution in [-0.2, 0) is 16.0 Å². The molecule has 0 aliphatic carbocycles. The Balaban J connectivity index is 2.35. The van der Waals surface area contributed by atoms with E-state index >= 15 is 0 Å². The molecule has 0 aliphatic rings. The molecule has 0 spiro atoms. The van der Waals surface area contributed by atoms with Crippen molar-refractivity contribution in [1.29, 1.82) is 0 Å². The summed E-state index contributed by atoms with van der Waals surface area (Å²) in [5.74, 6) is 0.427. The highest BCUT2D eigenvalue weighted by Gasteiger charge is 2.18. The molecule has 1 heterocycles. The van der Waals surface area contributed by atoms with E-state index in [-0.39, 0.29) is 6.42 Å². The molecule has 6 heteroatoms. The Labute approximate surface area is 98.2 Å². The molecular weight excluding hydrogens is 220 g/mol. The molecule has 2 aromatic rings. The van der Waals surface area contributed by atoms with Crippen molar-refractivity contribution < 1.29 is 9.53 Å². The predicted octanol–water partition coefficient (Wildman–Crippen LogP) is 0.519. The SMILES string of the molecule is COC(c1ccccc1)n1nnnc1C[C]=O. The molecule has 0 saturated carbocycles. The molecule has 2 rings (SSSR count).